The van der Waals surface area contributed by atoms with Gasteiger partial charge < -0.3 is 19.5 Å². The summed E-state index contributed by atoms with van der Waals surface area (Å²) >= 11 is 0. The van der Waals surface area contributed by atoms with Gasteiger partial charge in [0.25, 0.3) is 0 Å². The van der Waals surface area contributed by atoms with Gasteiger partial charge in [0.2, 0.25) is 0 Å². The Morgan fingerprint density at radius 2 is 1.62 bits per heavy atom. The van der Waals surface area contributed by atoms with Crippen molar-refractivity contribution in [3.8, 4) is 5.75 Å². The molecular formula is C20H29NO5. The number of hydrogen-bond donors (Lipinski definition) is 1. The second-order valence-electron chi connectivity index (χ2n) is 8.56. The van der Waals surface area contributed by atoms with E-state index in [-0.39, 0.29) is 12.6 Å². The average molecular weight is 363 g/mol. The second kappa shape index (κ2) is 7.56. The molecule has 0 spiro atoms. The number of nitrogens with one attached hydrogen (secondary N) is 1. The number of rotatable bonds is 4. The summed E-state index contributed by atoms with van der Waals surface area (Å²) in [5.74, 6) is 0.218. The van der Waals surface area contributed by atoms with Gasteiger partial charge in [-0.3, -0.25) is 0 Å². The Bertz CT molecular complexity index is 670. The van der Waals surface area contributed by atoms with E-state index in [2.05, 4.69) is 5.32 Å². The van der Waals surface area contributed by atoms with E-state index in [1.54, 1.807) is 0 Å². The van der Waals surface area contributed by atoms with Crippen LogP contribution in [0.5, 0.6) is 5.75 Å². The maximum Gasteiger partial charge on any atom is 0.407 e. The molecule has 2 rings (SSSR count). The highest BCUT2D eigenvalue weighted by Gasteiger charge is 2.26. The molecule has 1 aliphatic carbocycles. The van der Waals surface area contributed by atoms with E-state index in [1.807, 2.05) is 59.7 Å². The lowest BCUT2D eigenvalue weighted by atomic mass is 10.1. The minimum atomic E-state index is -0.529. The van der Waals surface area contributed by atoms with Crippen LogP contribution in [0, 0.1) is 0 Å². The van der Waals surface area contributed by atoms with Crippen LogP contribution in [-0.2, 0) is 27.1 Å². The van der Waals surface area contributed by atoms with Gasteiger partial charge in [0.05, 0.1) is 0 Å². The van der Waals surface area contributed by atoms with Crippen molar-refractivity contribution >= 4 is 12.1 Å². The van der Waals surface area contributed by atoms with E-state index in [4.69, 9.17) is 14.2 Å². The zero-order chi connectivity index (χ0) is 19.5. The van der Waals surface area contributed by atoms with Crippen LogP contribution in [-0.4, -0.2) is 35.9 Å². The van der Waals surface area contributed by atoms with E-state index in [9.17, 15) is 9.59 Å². The first-order chi connectivity index (χ1) is 11.9. The first-order valence-electron chi connectivity index (χ1n) is 8.87. The Hall–Kier alpha value is -2.24. The normalized spacial score (nSPS) is 16.6. The van der Waals surface area contributed by atoms with Crippen molar-refractivity contribution in [3.05, 3.63) is 29.3 Å². The fourth-order valence-corrected chi connectivity index (χ4v) is 2.77. The highest BCUT2D eigenvalue weighted by Crippen LogP contribution is 2.27. The molecule has 1 atom stereocenters. The number of esters is 1. The van der Waals surface area contributed by atoms with E-state index >= 15 is 0 Å². The summed E-state index contributed by atoms with van der Waals surface area (Å²) in [7, 11) is 0. The number of fused-ring (bicyclic) bond motifs is 1. The standard InChI is InChI=1S/C20H29NO5/c1-19(2,3)25-17(22)12-24-16-8-7-13-9-15(10-14(13)11-16)21-18(23)26-20(4,5)6/h7-8,11,15H,9-10,12H2,1-6H3,(H,21,23). The van der Waals surface area contributed by atoms with Crippen molar-refractivity contribution in [1.29, 1.82) is 0 Å². The van der Waals surface area contributed by atoms with E-state index in [0.29, 0.717) is 12.2 Å². The predicted molar refractivity (Wildman–Crippen MR) is 98.3 cm³/mol. The summed E-state index contributed by atoms with van der Waals surface area (Å²) in [6.07, 6.45) is 1.05. The van der Waals surface area contributed by atoms with Crippen molar-refractivity contribution in [2.24, 2.45) is 0 Å². The molecule has 1 aliphatic rings. The quantitative estimate of drug-likeness (QED) is 0.830. The summed E-state index contributed by atoms with van der Waals surface area (Å²) in [4.78, 5) is 23.7. The largest absolute Gasteiger partial charge is 0.482 e. The van der Waals surface area contributed by atoms with E-state index < -0.39 is 23.3 Å². The third-order valence-corrected chi connectivity index (χ3v) is 3.61. The van der Waals surface area contributed by atoms with Crippen LogP contribution in [0.1, 0.15) is 52.7 Å². The highest BCUT2D eigenvalue weighted by atomic mass is 16.6. The molecule has 0 saturated carbocycles. The summed E-state index contributed by atoms with van der Waals surface area (Å²) in [5, 5.41) is 2.90. The fraction of sp³-hybridized carbons (Fsp3) is 0.600. The number of carbonyl (C=O) groups excluding carboxylic acids is 2. The smallest absolute Gasteiger partial charge is 0.407 e. The van der Waals surface area contributed by atoms with Gasteiger partial charge in [-0.25, -0.2) is 9.59 Å². The van der Waals surface area contributed by atoms with Gasteiger partial charge in [-0.1, -0.05) is 6.07 Å². The zero-order valence-corrected chi connectivity index (χ0v) is 16.5. The SMILES string of the molecule is CC(C)(C)OC(=O)COc1ccc2c(c1)CC(NC(=O)OC(C)(C)C)C2. The predicted octanol–water partition coefficient (Wildman–Crippen LogP) is 3.40. The Kier molecular flexibility index (Phi) is 5.84. The second-order valence-corrected chi connectivity index (χ2v) is 8.56. The molecule has 144 valence electrons. The van der Waals surface area contributed by atoms with Gasteiger partial charge >= 0.3 is 12.1 Å². The van der Waals surface area contributed by atoms with Gasteiger partial charge in [-0.2, -0.15) is 0 Å². The van der Waals surface area contributed by atoms with Crippen LogP contribution >= 0.6 is 0 Å². The van der Waals surface area contributed by atoms with Crippen LogP contribution < -0.4 is 10.1 Å². The van der Waals surface area contributed by atoms with Crippen LogP contribution in [0.3, 0.4) is 0 Å². The molecule has 0 fully saturated rings. The highest BCUT2D eigenvalue weighted by molar-refractivity contribution is 5.71. The van der Waals surface area contributed by atoms with Crippen molar-refractivity contribution < 1.29 is 23.8 Å². The topological polar surface area (TPSA) is 73.9 Å². The number of alkyl carbamates (subject to hydrolysis) is 1. The number of carbonyl (C=O) groups is 2. The molecule has 0 saturated heterocycles. The molecule has 0 radical (unpaired) electrons. The molecule has 0 aliphatic heterocycles. The van der Waals surface area contributed by atoms with Gasteiger partial charge in [0.1, 0.15) is 17.0 Å². The molecule has 1 aromatic rings. The Morgan fingerprint density at radius 1 is 1.00 bits per heavy atom. The maximum absolute atomic E-state index is 11.9. The van der Waals surface area contributed by atoms with Gasteiger partial charge in [-0.05, 0) is 77.6 Å². The monoisotopic (exact) mass is 363 g/mol. The molecular weight excluding hydrogens is 334 g/mol. The van der Waals surface area contributed by atoms with Crippen LogP contribution in [0.25, 0.3) is 0 Å². The number of hydrogen-bond acceptors (Lipinski definition) is 5. The summed E-state index contributed by atoms with van der Waals surface area (Å²) in [6.45, 7) is 10.8. The van der Waals surface area contributed by atoms with E-state index in [1.165, 1.54) is 0 Å². The summed E-state index contributed by atoms with van der Waals surface area (Å²) in [5.41, 5.74) is 1.22. The minimum Gasteiger partial charge on any atom is -0.482 e. The molecule has 1 amide bonds. The molecule has 0 aromatic heterocycles. The molecule has 1 aromatic carbocycles. The number of benzene rings is 1. The van der Waals surface area contributed by atoms with Crippen LogP contribution in [0.4, 0.5) is 4.79 Å². The molecule has 1 N–H and O–H groups in total. The van der Waals surface area contributed by atoms with Crippen LogP contribution in [0.15, 0.2) is 18.2 Å². The van der Waals surface area contributed by atoms with Gasteiger partial charge in [0.15, 0.2) is 6.61 Å². The summed E-state index contributed by atoms with van der Waals surface area (Å²) in [6, 6.07) is 5.72. The minimum absolute atomic E-state index is 0.000885. The first-order valence-corrected chi connectivity index (χ1v) is 8.87. The molecule has 26 heavy (non-hydrogen) atoms. The zero-order valence-electron chi connectivity index (χ0n) is 16.5. The lowest BCUT2D eigenvalue weighted by Crippen LogP contribution is -2.39. The molecule has 6 nitrogen and oxygen atoms in total. The third-order valence-electron chi connectivity index (χ3n) is 3.61. The number of amides is 1. The maximum atomic E-state index is 11.9. The molecule has 6 heteroatoms. The van der Waals surface area contributed by atoms with Crippen LogP contribution in [0.2, 0.25) is 0 Å². The molecule has 0 bridgehead atoms. The Morgan fingerprint density at radius 3 is 2.23 bits per heavy atom. The Labute approximate surface area is 155 Å². The first kappa shape index (κ1) is 20.1. The fourth-order valence-electron chi connectivity index (χ4n) is 2.77. The Balaban J connectivity index is 1.88. The van der Waals surface area contributed by atoms with E-state index in [0.717, 1.165) is 17.5 Å². The molecule has 0 heterocycles. The average Bonchev–Trinajstić information content (AvgIpc) is 2.82. The van der Waals surface area contributed by atoms with Gasteiger partial charge in [0, 0.05) is 6.04 Å². The van der Waals surface area contributed by atoms with Crippen molar-refractivity contribution in [2.75, 3.05) is 6.61 Å². The lowest BCUT2D eigenvalue weighted by Gasteiger charge is -2.21. The number of ether oxygens (including phenoxy) is 3. The van der Waals surface area contributed by atoms with Crippen molar-refractivity contribution in [1.82, 2.24) is 5.32 Å². The van der Waals surface area contributed by atoms with Crippen molar-refractivity contribution in [2.45, 2.75) is 71.6 Å². The molecule has 1 unspecified atom stereocenters. The summed E-state index contributed by atoms with van der Waals surface area (Å²) < 4.78 is 16.1. The third kappa shape index (κ3) is 6.58. The van der Waals surface area contributed by atoms with Gasteiger partial charge in [-0.15, -0.1) is 0 Å². The lowest BCUT2D eigenvalue weighted by molar-refractivity contribution is -0.157. The van der Waals surface area contributed by atoms with Crippen molar-refractivity contribution in [3.63, 3.8) is 0 Å².